The first kappa shape index (κ1) is 14.4. The van der Waals surface area contributed by atoms with Gasteiger partial charge in [-0.1, -0.05) is 6.07 Å². The SMILES string of the molecule is Nc1c2c(cc(=O)n1-c1c(F)cccc1C(=O)O)C(=O)NC2=O. The number of carboxylic acids is 1. The molecule has 0 bridgehead atoms. The summed E-state index contributed by atoms with van der Waals surface area (Å²) in [6.07, 6.45) is 0. The third kappa shape index (κ3) is 1.98. The molecular formula is C14H8FN3O5. The van der Waals surface area contributed by atoms with E-state index >= 15 is 0 Å². The minimum absolute atomic E-state index is 0.234. The van der Waals surface area contributed by atoms with Crippen LogP contribution in [0.1, 0.15) is 31.1 Å². The molecule has 0 radical (unpaired) electrons. The van der Waals surface area contributed by atoms with E-state index in [1.54, 1.807) is 0 Å². The number of halogens is 1. The number of benzene rings is 1. The Hall–Kier alpha value is -3.49. The summed E-state index contributed by atoms with van der Waals surface area (Å²) in [5.41, 5.74) is 3.18. The number of hydrogen-bond acceptors (Lipinski definition) is 5. The Morgan fingerprint density at radius 3 is 2.57 bits per heavy atom. The topological polar surface area (TPSA) is 131 Å². The van der Waals surface area contributed by atoms with Crippen LogP contribution in [-0.4, -0.2) is 27.5 Å². The lowest BCUT2D eigenvalue weighted by molar-refractivity contribution is 0.0695. The first-order valence-corrected chi connectivity index (χ1v) is 6.26. The van der Waals surface area contributed by atoms with Crippen LogP contribution in [0.25, 0.3) is 5.69 Å². The Morgan fingerprint density at radius 2 is 1.91 bits per heavy atom. The number of amides is 2. The van der Waals surface area contributed by atoms with Crippen LogP contribution in [0.3, 0.4) is 0 Å². The van der Waals surface area contributed by atoms with Gasteiger partial charge in [0.1, 0.15) is 17.3 Å². The summed E-state index contributed by atoms with van der Waals surface area (Å²) in [6, 6.07) is 4.01. The second kappa shape index (κ2) is 4.77. The molecular weight excluding hydrogens is 309 g/mol. The first-order valence-electron chi connectivity index (χ1n) is 6.26. The summed E-state index contributed by atoms with van der Waals surface area (Å²) >= 11 is 0. The molecule has 0 atom stereocenters. The number of imide groups is 1. The Kier molecular flexibility index (Phi) is 2.99. The highest BCUT2D eigenvalue weighted by molar-refractivity contribution is 6.23. The highest BCUT2D eigenvalue weighted by Gasteiger charge is 2.33. The van der Waals surface area contributed by atoms with Crippen molar-refractivity contribution in [1.29, 1.82) is 0 Å². The third-order valence-electron chi connectivity index (χ3n) is 3.39. The molecule has 1 aromatic carbocycles. The van der Waals surface area contributed by atoms with E-state index < -0.39 is 46.2 Å². The monoisotopic (exact) mass is 317 g/mol. The van der Waals surface area contributed by atoms with Crippen molar-refractivity contribution in [2.75, 3.05) is 5.73 Å². The summed E-state index contributed by atoms with van der Waals surface area (Å²) in [4.78, 5) is 46.8. The number of aromatic nitrogens is 1. The molecule has 1 aliphatic heterocycles. The molecule has 116 valence electrons. The fourth-order valence-corrected chi connectivity index (χ4v) is 2.43. The minimum Gasteiger partial charge on any atom is -0.478 e. The molecule has 0 unspecified atom stereocenters. The van der Waals surface area contributed by atoms with Crippen molar-refractivity contribution in [2.45, 2.75) is 0 Å². The van der Waals surface area contributed by atoms with E-state index in [1.807, 2.05) is 5.32 Å². The second-order valence-corrected chi connectivity index (χ2v) is 4.72. The number of aromatic carboxylic acids is 1. The lowest BCUT2D eigenvalue weighted by Gasteiger charge is -2.14. The number of nitrogens with one attached hydrogen (secondary N) is 1. The smallest absolute Gasteiger partial charge is 0.337 e. The average molecular weight is 317 g/mol. The number of nitrogens with zero attached hydrogens (tertiary/aromatic N) is 1. The lowest BCUT2D eigenvalue weighted by atomic mass is 10.1. The van der Waals surface area contributed by atoms with E-state index in [0.717, 1.165) is 24.3 Å². The predicted molar refractivity (Wildman–Crippen MR) is 75.2 cm³/mol. The predicted octanol–water partition coefficient (Wildman–Crippen LogP) is 0.141. The van der Waals surface area contributed by atoms with Gasteiger partial charge in [-0.15, -0.1) is 0 Å². The number of fused-ring (bicyclic) bond motifs is 1. The Bertz CT molecular complexity index is 964. The summed E-state index contributed by atoms with van der Waals surface area (Å²) in [5, 5.41) is 11.1. The van der Waals surface area contributed by atoms with Crippen molar-refractivity contribution in [3.05, 3.63) is 57.1 Å². The van der Waals surface area contributed by atoms with Gasteiger partial charge in [-0.3, -0.25) is 24.3 Å². The average Bonchev–Trinajstić information content (AvgIpc) is 2.74. The Balaban J connectivity index is 2.43. The zero-order valence-electron chi connectivity index (χ0n) is 11.3. The van der Waals surface area contributed by atoms with Crippen LogP contribution in [0.4, 0.5) is 10.2 Å². The number of para-hydroxylation sites is 1. The van der Waals surface area contributed by atoms with E-state index in [-0.39, 0.29) is 11.1 Å². The number of anilines is 1. The second-order valence-electron chi connectivity index (χ2n) is 4.72. The van der Waals surface area contributed by atoms with Crippen LogP contribution in [0, 0.1) is 5.82 Å². The van der Waals surface area contributed by atoms with Gasteiger partial charge in [0.2, 0.25) is 0 Å². The third-order valence-corrected chi connectivity index (χ3v) is 3.39. The maximum absolute atomic E-state index is 14.1. The van der Waals surface area contributed by atoms with Gasteiger partial charge in [-0.25, -0.2) is 9.18 Å². The number of rotatable bonds is 2. The molecule has 0 fully saturated rings. The zero-order valence-corrected chi connectivity index (χ0v) is 11.3. The lowest BCUT2D eigenvalue weighted by Crippen LogP contribution is -2.26. The van der Waals surface area contributed by atoms with Crippen LogP contribution in [-0.2, 0) is 0 Å². The summed E-state index contributed by atoms with van der Waals surface area (Å²) in [5.74, 6) is -4.64. The van der Waals surface area contributed by atoms with Gasteiger partial charge in [0.25, 0.3) is 17.4 Å². The fourth-order valence-electron chi connectivity index (χ4n) is 2.43. The number of carbonyl (C=O) groups is 3. The van der Waals surface area contributed by atoms with E-state index in [4.69, 9.17) is 10.8 Å². The van der Waals surface area contributed by atoms with Crippen LogP contribution in [0.2, 0.25) is 0 Å². The molecule has 3 rings (SSSR count). The van der Waals surface area contributed by atoms with Crippen LogP contribution >= 0.6 is 0 Å². The molecule has 0 saturated carbocycles. The highest BCUT2D eigenvalue weighted by Crippen LogP contribution is 2.26. The van der Waals surface area contributed by atoms with Crippen molar-refractivity contribution in [2.24, 2.45) is 0 Å². The zero-order chi connectivity index (χ0) is 16.9. The molecule has 8 nitrogen and oxygen atoms in total. The van der Waals surface area contributed by atoms with Crippen molar-refractivity contribution in [3.63, 3.8) is 0 Å². The molecule has 4 N–H and O–H groups in total. The van der Waals surface area contributed by atoms with Crippen molar-refractivity contribution >= 4 is 23.6 Å². The number of nitrogen functional groups attached to an aromatic ring is 1. The summed E-state index contributed by atoms with van der Waals surface area (Å²) in [7, 11) is 0. The van der Waals surface area contributed by atoms with Gasteiger partial charge in [-0.2, -0.15) is 0 Å². The van der Waals surface area contributed by atoms with Gasteiger partial charge >= 0.3 is 5.97 Å². The van der Waals surface area contributed by atoms with Crippen molar-refractivity contribution < 1.29 is 23.9 Å². The summed E-state index contributed by atoms with van der Waals surface area (Å²) in [6.45, 7) is 0. The number of hydrogen-bond donors (Lipinski definition) is 3. The van der Waals surface area contributed by atoms with Crippen LogP contribution in [0.5, 0.6) is 0 Å². The molecule has 0 saturated heterocycles. The molecule has 1 aliphatic rings. The Morgan fingerprint density at radius 1 is 1.22 bits per heavy atom. The fraction of sp³-hybridized carbons (Fsp3) is 0. The van der Waals surface area contributed by atoms with Gasteiger partial charge in [-0.05, 0) is 12.1 Å². The molecule has 2 aromatic rings. The van der Waals surface area contributed by atoms with Crippen molar-refractivity contribution in [3.8, 4) is 5.69 Å². The number of carboxylic acid groups (broad SMARTS) is 1. The largest absolute Gasteiger partial charge is 0.478 e. The van der Waals surface area contributed by atoms with Crippen LogP contribution < -0.4 is 16.6 Å². The quantitative estimate of drug-likeness (QED) is 0.675. The van der Waals surface area contributed by atoms with Gasteiger partial charge in [0.15, 0.2) is 0 Å². The molecule has 0 spiro atoms. The van der Waals surface area contributed by atoms with E-state index in [1.165, 1.54) is 0 Å². The molecule has 9 heteroatoms. The van der Waals surface area contributed by atoms with Gasteiger partial charge in [0.05, 0.1) is 16.7 Å². The molecule has 2 heterocycles. The molecule has 1 aromatic heterocycles. The maximum atomic E-state index is 14.1. The standard InChI is InChI=1S/C14H8FN3O5/c15-7-3-1-2-5(14(22)23)10(7)18-8(19)4-6-9(11(18)16)13(21)17-12(6)20/h1-4H,16H2,(H,22,23)(H,17,20,21). The molecule has 23 heavy (non-hydrogen) atoms. The van der Waals surface area contributed by atoms with E-state index in [9.17, 15) is 23.6 Å². The normalized spacial score (nSPS) is 12.9. The van der Waals surface area contributed by atoms with E-state index in [2.05, 4.69) is 0 Å². The number of nitrogens with two attached hydrogens (primary N) is 1. The Labute approximate surface area is 127 Å². The van der Waals surface area contributed by atoms with Gasteiger partial charge < -0.3 is 10.8 Å². The number of pyridine rings is 1. The molecule has 0 aliphatic carbocycles. The first-order chi connectivity index (χ1) is 10.8. The number of carbonyl (C=O) groups excluding carboxylic acids is 2. The van der Waals surface area contributed by atoms with Crippen LogP contribution in [0.15, 0.2) is 29.1 Å². The minimum atomic E-state index is -1.48. The van der Waals surface area contributed by atoms with Crippen molar-refractivity contribution in [1.82, 2.24) is 9.88 Å². The molecule has 2 amide bonds. The highest BCUT2D eigenvalue weighted by atomic mass is 19.1. The van der Waals surface area contributed by atoms with Gasteiger partial charge in [0, 0.05) is 6.07 Å². The van der Waals surface area contributed by atoms with E-state index in [0.29, 0.717) is 4.57 Å². The maximum Gasteiger partial charge on any atom is 0.337 e. The summed E-state index contributed by atoms with van der Waals surface area (Å²) < 4.78 is 14.7.